The van der Waals surface area contributed by atoms with E-state index in [1.165, 1.54) is 0 Å². The van der Waals surface area contributed by atoms with Crippen molar-refractivity contribution in [3.05, 3.63) is 51.4 Å². The van der Waals surface area contributed by atoms with Crippen molar-refractivity contribution in [3.8, 4) is 11.8 Å². The molecule has 0 saturated carbocycles. The molecule has 0 unspecified atom stereocenters. The molecule has 38 heavy (non-hydrogen) atoms. The first-order valence-electron chi connectivity index (χ1n) is 13.5. The number of hydrogen-bond donors (Lipinski definition) is 1. The zero-order valence-corrected chi connectivity index (χ0v) is 22.7. The molecular weight excluding hydrogens is 483 g/mol. The number of halogens is 1. The van der Waals surface area contributed by atoms with Crippen LogP contribution in [0, 0.1) is 17.1 Å². The molecule has 8 heteroatoms. The van der Waals surface area contributed by atoms with E-state index >= 15 is 4.39 Å². The number of likely N-dealkylation sites (tertiary alicyclic amines) is 1. The molecule has 0 atom stereocenters. The number of nitrogens with one attached hydrogen (secondary N) is 1. The van der Waals surface area contributed by atoms with Crippen LogP contribution < -0.4 is 10.2 Å². The van der Waals surface area contributed by atoms with Gasteiger partial charge in [-0.05, 0) is 63.9 Å². The summed E-state index contributed by atoms with van der Waals surface area (Å²) in [5.41, 5.74) is 2.38. The molecule has 0 spiro atoms. The molecule has 2 aromatic carbocycles. The number of benzene rings is 2. The van der Waals surface area contributed by atoms with Gasteiger partial charge in [-0.2, -0.15) is 5.26 Å². The number of hydrogen-bond acceptors (Lipinski definition) is 5. The zero-order chi connectivity index (χ0) is 27.1. The van der Waals surface area contributed by atoms with Gasteiger partial charge in [-0.1, -0.05) is 19.9 Å². The van der Waals surface area contributed by atoms with E-state index in [2.05, 4.69) is 16.0 Å². The molecule has 200 valence electrons. The number of aromatic nitrogens is 2. The van der Waals surface area contributed by atoms with E-state index in [0.717, 1.165) is 44.5 Å². The first-order chi connectivity index (χ1) is 18.4. The molecule has 0 radical (unpaired) electrons. The van der Waals surface area contributed by atoms with Crippen LogP contribution in [0.1, 0.15) is 63.6 Å². The van der Waals surface area contributed by atoms with E-state index in [-0.39, 0.29) is 23.2 Å². The first-order valence-corrected chi connectivity index (χ1v) is 13.5. The smallest absolute Gasteiger partial charge is 0.199 e. The summed E-state index contributed by atoms with van der Waals surface area (Å²) >= 11 is 0. The van der Waals surface area contributed by atoms with Crippen molar-refractivity contribution >= 4 is 32.8 Å². The molecular formula is C30H35FN4O3. The highest BCUT2D eigenvalue weighted by atomic mass is 19.1. The Balaban J connectivity index is 0.00000144. The lowest BCUT2D eigenvalue weighted by molar-refractivity contribution is -0.0713. The van der Waals surface area contributed by atoms with Gasteiger partial charge in [0.1, 0.15) is 11.4 Å². The Morgan fingerprint density at radius 2 is 1.87 bits per heavy atom. The molecule has 6 rings (SSSR count). The van der Waals surface area contributed by atoms with Gasteiger partial charge in [-0.15, -0.1) is 0 Å². The van der Waals surface area contributed by atoms with Crippen molar-refractivity contribution in [2.45, 2.75) is 58.5 Å². The van der Waals surface area contributed by atoms with Crippen LogP contribution in [0.2, 0.25) is 0 Å². The van der Waals surface area contributed by atoms with Crippen LogP contribution in [0.25, 0.3) is 32.8 Å². The van der Waals surface area contributed by atoms with Gasteiger partial charge in [0.2, 0.25) is 0 Å². The van der Waals surface area contributed by atoms with Crippen molar-refractivity contribution in [1.82, 2.24) is 14.5 Å². The summed E-state index contributed by atoms with van der Waals surface area (Å²) in [5, 5.41) is 10.9. The molecule has 2 fully saturated rings. The number of piperidine rings is 1. The molecule has 0 amide bonds. The van der Waals surface area contributed by atoms with Gasteiger partial charge in [0.15, 0.2) is 11.2 Å². The predicted molar refractivity (Wildman–Crippen MR) is 149 cm³/mol. The van der Waals surface area contributed by atoms with Gasteiger partial charge < -0.3 is 19.0 Å². The predicted octanol–water partition coefficient (Wildman–Crippen LogP) is 5.84. The Labute approximate surface area is 221 Å². The fraction of sp³-hybridized carbons (Fsp3) is 0.467. The van der Waals surface area contributed by atoms with Crippen molar-refractivity contribution in [3.63, 3.8) is 0 Å². The van der Waals surface area contributed by atoms with Gasteiger partial charge in [0.05, 0.1) is 54.3 Å². The van der Waals surface area contributed by atoms with Crippen LogP contribution in [0.15, 0.2) is 29.1 Å². The van der Waals surface area contributed by atoms with Crippen molar-refractivity contribution < 1.29 is 13.9 Å². The van der Waals surface area contributed by atoms with Gasteiger partial charge in [0, 0.05) is 22.5 Å². The maximum atomic E-state index is 16.6. The number of H-pyrrole nitrogens is 1. The Morgan fingerprint density at radius 3 is 2.45 bits per heavy atom. The minimum Gasteiger partial charge on any atom is -0.496 e. The Bertz CT molecular complexity index is 1600. The number of aromatic amines is 1. The molecule has 0 aliphatic carbocycles. The van der Waals surface area contributed by atoms with Crippen LogP contribution in [-0.2, 0) is 4.74 Å². The summed E-state index contributed by atoms with van der Waals surface area (Å²) in [6, 6.07) is 9.44. The van der Waals surface area contributed by atoms with Crippen LogP contribution in [-0.4, -0.2) is 53.9 Å². The Morgan fingerprint density at radius 1 is 1.16 bits per heavy atom. The second kappa shape index (κ2) is 10.4. The molecule has 4 aromatic rings. The fourth-order valence-electron chi connectivity index (χ4n) is 6.00. The Kier molecular flexibility index (Phi) is 7.17. The average molecular weight is 519 g/mol. The SMILES string of the molecule is CC.COc1cc2c(=O)c3c4ccc(C#N)cc4[nH]c3n(C(C)C)c2c(F)c1C1CCN(C2COC2)CC1. The van der Waals surface area contributed by atoms with Crippen LogP contribution in [0.3, 0.4) is 0 Å². The lowest BCUT2D eigenvalue weighted by Crippen LogP contribution is -2.51. The first kappa shape index (κ1) is 26.2. The number of methoxy groups -OCH3 is 1. The van der Waals surface area contributed by atoms with Gasteiger partial charge >= 0.3 is 0 Å². The largest absolute Gasteiger partial charge is 0.496 e. The van der Waals surface area contributed by atoms with Crippen molar-refractivity contribution in [2.24, 2.45) is 0 Å². The van der Waals surface area contributed by atoms with Gasteiger partial charge in [-0.3, -0.25) is 9.69 Å². The monoisotopic (exact) mass is 518 g/mol. The topological polar surface area (TPSA) is 83.3 Å². The molecule has 2 aliphatic rings. The minimum atomic E-state index is -0.376. The highest BCUT2D eigenvalue weighted by Crippen LogP contribution is 2.41. The third kappa shape index (κ3) is 4.05. The van der Waals surface area contributed by atoms with E-state index in [1.807, 2.05) is 32.3 Å². The fourth-order valence-corrected chi connectivity index (χ4v) is 6.00. The van der Waals surface area contributed by atoms with Crippen molar-refractivity contribution in [2.75, 3.05) is 33.4 Å². The van der Waals surface area contributed by atoms with Crippen LogP contribution >= 0.6 is 0 Å². The molecule has 7 nitrogen and oxygen atoms in total. The average Bonchev–Trinajstić information content (AvgIpc) is 3.28. The van der Waals surface area contributed by atoms with Gasteiger partial charge in [-0.25, -0.2) is 4.39 Å². The summed E-state index contributed by atoms with van der Waals surface area (Å²) in [6.45, 7) is 11.3. The quantitative estimate of drug-likeness (QED) is 0.367. The maximum absolute atomic E-state index is 16.6. The van der Waals surface area contributed by atoms with E-state index < -0.39 is 0 Å². The summed E-state index contributed by atoms with van der Waals surface area (Å²) in [5.74, 6) is 0.0662. The lowest BCUT2D eigenvalue weighted by Gasteiger charge is -2.41. The second-order valence-corrected chi connectivity index (χ2v) is 10.2. The van der Waals surface area contributed by atoms with Gasteiger partial charge in [0.25, 0.3) is 0 Å². The standard InChI is InChI=1S/C28H29FN4O3.C2H6/c1-15(2)33-26-20(27(34)24-19-5-4-16(12-30)10-21(19)31-28(24)33)11-22(35-3)23(25(26)29)17-6-8-32(9-7-17)18-13-36-14-18;1-2/h4-5,10-11,15,17-18,31H,6-9,13-14H2,1-3H3;1-2H3. The summed E-state index contributed by atoms with van der Waals surface area (Å²) in [4.78, 5) is 19.6. The van der Waals surface area contributed by atoms with E-state index in [4.69, 9.17) is 9.47 Å². The highest BCUT2D eigenvalue weighted by molar-refractivity contribution is 6.10. The molecule has 2 aliphatic heterocycles. The number of fused-ring (bicyclic) bond motifs is 4. The van der Waals surface area contributed by atoms with E-state index in [9.17, 15) is 10.1 Å². The number of pyridine rings is 1. The summed E-state index contributed by atoms with van der Waals surface area (Å²) < 4.78 is 29.5. The third-order valence-electron chi connectivity index (χ3n) is 7.91. The normalized spacial score (nSPS) is 17.0. The number of nitrogens with zero attached hydrogens (tertiary/aromatic N) is 3. The number of rotatable bonds is 4. The van der Waals surface area contributed by atoms with Crippen LogP contribution in [0.5, 0.6) is 5.75 Å². The summed E-state index contributed by atoms with van der Waals surface area (Å²) in [6.07, 6.45) is 1.65. The Hall–Kier alpha value is -3.41. The third-order valence-corrected chi connectivity index (χ3v) is 7.91. The molecule has 0 bridgehead atoms. The van der Waals surface area contributed by atoms with E-state index in [0.29, 0.717) is 50.4 Å². The molecule has 2 aromatic heterocycles. The van der Waals surface area contributed by atoms with Crippen molar-refractivity contribution in [1.29, 1.82) is 5.26 Å². The highest BCUT2D eigenvalue weighted by Gasteiger charge is 2.33. The van der Waals surface area contributed by atoms with Crippen LogP contribution in [0.4, 0.5) is 4.39 Å². The molecule has 4 heterocycles. The summed E-state index contributed by atoms with van der Waals surface area (Å²) in [7, 11) is 1.54. The second-order valence-electron chi connectivity index (χ2n) is 10.2. The minimum absolute atomic E-state index is 0.00825. The number of ether oxygens (including phenoxy) is 2. The maximum Gasteiger partial charge on any atom is 0.199 e. The molecule has 1 N–H and O–H groups in total. The zero-order valence-electron chi connectivity index (χ0n) is 22.7. The number of nitriles is 1. The lowest BCUT2D eigenvalue weighted by atomic mass is 9.86. The van der Waals surface area contributed by atoms with E-state index in [1.54, 1.807) is 31.4 Å². The molecule has 2 saturated heterocycles.